The summed E-state index contributed by atoms with van der Waals surface area (Å²) >= 11 is 11.9. The van der Waals surface area contributed by atoms with Gasteiger partial charge in [0, 0.05) is 13.1 Å². The molecule has 1 atom stereocenters. The van der Waals surface area contributed by atoms with Crippen LogP contribution in [0.25, 0.3) is 0 Å². The van der Waals surface area contributed by atoms with E-state index in [0.717, 1.165) is 13.1 Å². The molecular formula is C12H21Cl2NO. The molecule has 0 heterocycles. The van der Waals surface area contributed by atoms with E-state index in [4.69, 9.17) is 23.2 Å². The van der Waals surface area contributed by atoms with Crippen molar-refractivity contribution in [2.45, 2.75) is 38.4 Å². The summed E-state index contributed by atoms with van der Waals surface area (Å²) < 4.78 is -0.802. The Morgan fingerprint density at radius 3 is 1.88 bits per heavy atom. The largest absolute Gasteiger partial charge is 0.342 e. The fraction of sp³-hybridized carbons (Fsp3) is 0.917. The summed E-state index contributed by atoms with van der Waals surface area (Å²) in [6.07, 6.45) is 0.599. The predicted octanol–water partition coefficient (Wildman–Crippen LogP) is 3.32. The number of carbonyl (C=O) groups excluding carboxylic acids is 1. The lowest BCUT2D eigenvalue weighted by Gasteiger charge is -2.26. The zero-order valence-electron chi connectivity index (χ0n) is 10.5. The van der Waals surface area contributed by atoms with Gasteiger partial charge in [-0.2, -0.15) is 0 Å². The average molecular weight is 266 g/mol. The van der Waals surface area contributed by atoms with Crippen LogP contribution in [0, 0.1) is 17.8 Å². The fourth-order valence-electron chi connectivity index (χ4n) is 1.84. The number of carbonyl (C=O) groups is 1. The van der Waals surface area contributed by atoms with E-state index >= 15 is 0 Å². The molecule has 1 unspecified atom stereocenters. The molecule has 0 aromatic carbocycles. The van der Waals surface area contributed by atoms with E-state index in [1.165, 1.54) is 0 Å². The Balaban J connectivity index is 2.58. The number of halogens is 2. The molecule has 0 aliphatic heterocycles. The van der Waals surface area contributed by atoms with Crippen LogP contribution in [-0.4, -0.2) is 28.2 Å². The third kappa shape index (κ3) is 3.81. The first-order chi connectivity index (χ1) is 7.24. The lowest BCUT2D eigenvalue weighted by Crippen LogP contribution is -2.38. The molecule has 1 fully saturated rings. The third-order valence-corrected chi connectivity index (χ3v) is 3.44. The molecule has 0 N–H and O–H groups in total. The van der Waals surface area contributed by atoms with Crippen molar-refractivity contribution in [3.8, 4) is 0 Å². The second-order valence-corrected chi connectivity index (χ2v) is 7.09. The molecule has 1 saturated carbocycles. The molecule has 0 aromatic rings. The number of amides is 1. The summed E-state index contributed by atoms with van der Waals surface area (Å²) in [6, 6.07) is 0. The van der Waals surface area contributed by atoms with E-state index in [1.54, 1.807) is 0 Å². The zero-order chi connectivity index (χ0) is 12.5. The van der Waals surface area contributed by atoms with Crippen molar-refractivity contribution in [1.82, 2.24) is 4.90 Å². The van der Waals surface area contributed by atoms with Crippen molar-refractivity contribution in [2.75, 3.05) is 13.1 Å². The lowest BCUT2D eigenvalue weighted by atomic mass is 10.1. The van der Waals surface area contributed by atoms with Gasteiger partial charge in [0.05, 0.1) is 5.92 Å². The van der Waals surface area contributed by atoms with E-state index in [2.05, 4.69) is 27.7 Å². The van der Waals surface area contributed by atoms with Crippen LogP contribution >= 0.6 is 23.2 Å². The fourth-order valence-corrected chi connectivity index (χ4v) is 2.33. The minimum atomic E-state index is -0.802. The van der Waals surface area contributed by atoms with Gasteiger partial charge < -0.3 is 4.90 Å². The van der Waals surface area contributed by atoms with Crippen LogP contribution in [0.4, 0.5) is 0 Å². The Labute approximate surface area is 108 Å². The average Bonchev–Trinajstić information content (AvgIpc) is 2.71. The molecular weight excluding hydrogens is 245 g/mol. The zero-order valence-corrected chi connectivity index (χ0v) is 12.0. The van der Waals surface area contributed by atoms with Crippen LogP contribution < -0.4 is 0 Å². The van der Waals surface area contributed by atoms with Gasteiger partial charge in [0.2, 0.25) is 5.91 Å². The van der Waals surface area contributed by atoms with E-state index in [9.17, 15) is 4.79 Å². The second-order valence-electron chi connectivity index (χ2n) is 5.55. The van der Waals surface area contributed by atoms with Crippen molar-refractivity contribution >= 4 is 29.1 Å². The molecule has 0 saturated heterocycles. The number of rotatable bonds is 5. The molecule has 1 aliphatic carbocycles. The van der Waals surface area contributed by atoms with Gasteiger partial charge in [-0.3, -0.25) is 4.79 Å². The highest BCUT2D eigenvalue weighted by Crippen LogP contribution is 2.53. The lowest BCUT2D eigenvalue weighted by molar-refractivity contribution is -0.133. The molecule has 1 rings (SSSR count). The van der Waals surface area contributed by atoms with Gasteiger partial charge >= 0.3 is 0 Å². The molecule has 0 aromatic heterocycles. The van der Waals surface area contributed by atoms with Crippen LogP contribution in [0.5, 0.6) is 0 Å². The summed E-state index contributed by atoms with van der Waals surface area (Å²) in [5, 5.41) is 0. The number of hydrogen-bond donors (Lipinski definition) is 0. The second kappa shape index (κ2) is 5.14. The number of hydrogen-bond acceptors (Lipinski definition) is 1. The van der Waals surface area contributed by atoms with E-state index in [1.807, 2.05) is 4.90 Å². The monoisotopic (exact) mass is 265 g/mol. The Kier molecular flexibility index (Phi) is 4.53. The van der Waals surface area contributed by atoms with E-state index in [0.29, 0.717) is 18.3 Å². The van der Waals surface area contributed by atoms with E-state index < -0.39 is 4.33 Å². The quantitative estimate of drug-likeness (QED) is 0.699. The standard InChI is InChI=1S/C12H21Cl2NO/c1-8(2)6-15(7-9(3)4)11(16)10-5-12(10,13)14/h8-10H,5-7H2,1-4H3. The van der Waals surface area contributed by atoms with Gasteiger partial charge in [-0.15, -0.1) is 23.2 Å². The summed E-state index contributed by atoms with van der Waals surface area (Å²) in [5.74, 6) is 0.878. The molecule has 16 heavy (non-hydrogen) atoms. The van der Waals surface area contributed by atoms with Crippen LogP contribution in [0.2, 0.25) is 0 Å². The minimum Gasteiger partial charge on any atom is -0.342 e. The number of nitrogens with zero attached hydrogens (tertiary/aromatic N) is 1. The maximum atomic E-state index is 12.1. The normalized spacial score (nSPS) is 22.6. The van der Waals surface area contributed by atoms with Crippen LogP contribution in [0.1, 0.15) is 34.1 Å². The predicted molar refractivity (Wildman–Crippen MR) is 68.8 cm³/mol. The first kappa shape index (κ1) is 14.1. The highest BCUT2D eigenvalue weighted by atomic mass is 35.5. The summed E-state index contributed by atoms with van der Waals surface area (Å²) in [4.78, 5) is 14.1. The van der Waals surface area contributed by atoms with Crippen LogP contribution in [-0.2, 0) is 4.79 Å². The van der Waals surface area contributed by atoms with Crippen molar-refractivity contribution in [1.29, 1.82) is 0 Å². The Morgan fingerprint density at radius 2 is 1.62 bits per heavy atom. The Hall–Kier alpha value is 0.0500. The first-order valence-corrected chi connectivity index (χ1v) is 6.66. The van der Waals surface area contributed by atoms with Gasteiger partial charge in [-0.05, 0) is 18.3 Å². The van der Waals surface area contributed by atoms with Gasteiger partial charge in [-0.1, -0.05) is 27.7 Å². The maximum absolute atomic E-state index is 12.1. The topological polar surface area (TPSA) is 20.3 Å². The van der Waals surface area contributed by atoms with Crippen LogP contribution in [0.15, 0.2) is 0 Å². The molecule has 94 valence electrons. The molecule has 4 heteroatoms. The summed E-state index contributed by atoms with van der Waals surface area (Å²) in [6.45, 7) is 10.0. The van der Waals surface area contributed by atoms with Crippen molar-refractivity contribution in [2.24, 2.45) is 17.8 Å². The highest BCUT2D eigenvalue weighted by molar-refractivity contribution is 6.52. The molecule has 0 bridgehead atoms. The van der Waals surface area contributed by atoms with Gasteiger partial charge in [-0.25, -0.2) is 0 Å². The summed E-state index contributed by atoms with van der Waals surface area (Å²) in [7, 11) is 0. The Morgan fingerprint density at radius 1 is 1.25 bits per heavy atom. The highest BCUT2D eigenvalue weighted by Gasteiger charge is 2.57. The van der Waals surface area contributed by atoms with Crippen molar-refractivity contribution in [3.05, 3.63) is 0 Å². The van der Waals surface area contributed by atoms with E-state index in [-0.39, 0.29) is 11.8 Å². The maximum Gasteiger partial charge on any atom is 0.228 e. The molecule has 0 spiro atoms. The minimum absolute atomic E-state index is 0.118. The first-order valence-electron chi connectivity index (χ1n) is 5.90. The smallest absolute Gasteiger partial charge is 0.228 e. The van der Waals surface area contributed by atoms with Gasteiger partial charge in [0.25, 0.3) is 0 Å². The number of alkyl halides is 2. The molecule has 1 aliphatic rings. The van der Waals surface area contributed by atoms with Crippen LogP contribution in [0.3, 0.4) is 0 Å². The van der Waals surface area contributed by atoms with Crippen molar-refractivity contribution < 1.29 is 4.79 Å². The molecule has 2 nitrogen and oxygen atoms in total. The van der Waals surface area contributed by atoms with Gasteiger partial charge in [0.1, 0.15) is 4.33 Å². The van der Waals surface area contributed by atoms with Crippen molar-refractivity contribution in [3.63, 3.8) is 0 Å². The SMILES string of the molecule is CC(C)CN(CC(C)C)C(=O)C1CC1(Cl)Cl. The third-order valence-electron chi connectivity index (χ3n) is 2.61. The molecule has 0 radical (unpaired) electrons. The Bertz CT molecular complexity index is 254. The van der Waals surface area contributed by atoms with Gasteiger partial charge in [0.15, 0.2) is 0 Å². The summed E-state index contributed by atoms with van der Waals surface area (Å²) in [5.41, 5.74) is 0. The molecule has 1 amide bonds.